The SMILES string of the molecule is C[C@H](CCC(=O)NCCc1ccc(S(N)(=O)=O)cc1)[C@H]1CC[C@H]2[C@@H]3[C@@H](O)C[C@@H]4C[C@H](O)CC[C@]4(C)[C@H]3CC[C@]12C. The summed E-state index contributed by atoms with van der Waals surface area (Å²) in [6.45, 7) is 7.78. The second kappa shape index (κ2) is 11.3. The van der Waals surface area contributed by atoms with Crippen molar-refractivity contribution < 1.29 is 23.4 Å². The lowest BCUT2D eigenvalue weighted by Gasteiger charge is -2.62. The highest BCUT2D eigenvalue weighted by molar-refractivity contribution is 7.89. The van der Waals surface area contributed by atoms with E-state index >= 15 is 0 Å². The zero-order valence-electron chi connectivity index (χ0n) is 24.5. The summed E-state index contributed by atoms with van der Waals surface area (Å²) in [5.41, 5.74) is 1.42. The Morgan fingerprint density at radius 3 is 2.40 bits per heavy atom. The van der Waals surface area contributed by atoms with E-state index in [4.69, 9.17) is 5.14 Å². The standard InChI is InChI=1S/C32H50N2O5S/c1-20(4-11-29(37)34-17-14-21-5-7-24(8-6-21)40(33,38)39)25-9-10-26-30-27(13-16-32(25,26)3)31(2)15-12-23(35)18-22(31)19-28(30)36/h5-8,20,22-23,25-28,30,35-36H,4,9-19H2,1-3H3,(H,34,37)(H2,33,38,39)/t20-,22+,23-,25-,26+,27+,28+,30+,31+,32-/m1/s1. The molecular weight excluding hydrogens is 524 g/mol. The minimum atomic E-state index is -3.70. The summed E-state index contributed by atoms with van der Waals surface area (Å²) in [5, 5.41) is 30.0. The van der Waals surface area contributed by atoms with Gasteiger partial charge in [0.1, 0.15) is 0 Å². The molecule has 4 aliphatic carbocycles. The van der Waals surface area contributed by atoms with Gasteiger partial charge in [-0.25, -0.2) is 13.6 Å². The lowest BCUT2D eigenvalue weighted by atomic mass is 9.43. The number of fused-ring (bicyclic) bond motifs is 5. The summed E-state index contributed by atoms with van der Waals surface area (Å²) >= 11 is 0. The molecule has 0 aliphatic heterocycles. The fraction of sp³-hybridized carbons (Fsp3) is 0.781. The van der Waals surface area contributed by atoms with Gasteiger partial charge in [0, 0.05) is 13.0 Å². The second-order valence-corrected chi connectivity index (χ2v) is 15.8. The van der Waals surface area contributed by atoms with E-state index in [9.17, 15) is 23.4 Å². The number of rotatable bonds is 8. The number of sulfonamides is 1. The number of aliphatic hydroxyl groups is 2. The Kier molecular flexibility index (Phi) is 8.48. The molecule has 224 valence electrons. The highest BCUT2D eigenvalue weighted by Gasteiger charge is 2.62. The molecule has 1 amide bonds. The van der Waals surface area contributed by atoms with Gasteiger partial charge in [-0.3, -0.25) is 4.79 Å². The molecular formula is C32H50N2O5S. The van der Waals surface area contributed by atoms with Gasteiger partial charge in [0.05, 0.1) is 17.1 Å². The van der Waals surface area contributed by atoms with E-state index in [1.165, 1.54) is 37.8 Å². The number of hydrogen-bond donors (Lipinski definition) is 4. The molecule has 1 aromatic rings. The Morgan fingerprint density at radius 1 is 1.02 bits per heavy atom. The molecule has 4 aliphatic rings. The van der Waals surface area contributed by atoms with Gasteiger partial charge in [0.25, 0.3) is 0 Å². The van der Waals surface area contributed by atoms with Crippen LogP contribution in [0, 0.1) is 46.3 Å². The Balaban J connectivity index is 1.13. The zero-order valence-corrected chi connectivity index (χ0v) is 25.3. The zero-order chi connectivity index (χ0) is 28.9. The van der Waals surface area contributed by atoms with Crippen LogP contribution < -0.4 is 10.5 Å². The first-order valence-corrected chi connectivity index (χ1v) is 17.1. The van der Waals surface area contributed by atoms with Gasteiger partial charge >= 0.3 is 0 Å². The smallest absolute Gasteiger partial charge is 0.238 e. The maximum Gasteiger partial charge on any atom is 0.238 e. The predicted octanol–water partition coefficient (Wildman–Crippen LogP) is 4.40. The molecule has 0 aromatic heterocycles. The van der Waals surface area contributed by atoms with E-state index in [-0.39, 0.29) is 33.8 Å². The number of primary sulfonamides is 1. The number of amides is 1. The second-order valence-electron chi connectivity index (χ2n) is 14.3. The van der Waals surface area contributed by atoms with E-state index in [0.29, 0.717) is 54.9 Å². The summed E-state index contributed by atoms with van der Waals surface area (Å²) < 4.78 is 22.8. The number of nitrogens with one attached hydrogen (secondary N) is 1. The van der Waals surface area contributed by atoms with Crippen molar-refractivity contribution in [3.8, 4) is 0 Å². The average molecular weight is 575 g/mol. The van der Waals surface area contributed by atoms with E-state index in [1.54, 1.807) is 12.1 Å². The quantitative estimate of drug-likeness (QED) is 0.366. The molecule has 0 spiro atoms. The minimum Gasteiger partial charge on any atom is -0.393 e. The van der Waals surface area contributed by atoms with Crippen LogP contribution in [-0.4, -0.2) is 43.3 Å². The van der Waals surface area contributed by atoms with Gasteiger partial charge in [-0.05, 0) is 128 Å². The first-order chi connectivity index (χ1) is 18.8. The summed E-state index contributed by atoms with van der Waals surface area (Å²) in [4.78, 5) is 12.8. The van der Waals surface area contributed by atoms with Crippen LogP contribution in [0.4, 0.5) is 0 Å². The van der Waals surface area contributed by atoms with Crippen molar-refractivity contribution in [3.05, 3.63) is 29.8 Å². The third-order valence-corrected chi connectivity index (χ3v) is 13.2. The summed E-state index contributed by atoms with van der Waals surface area (Å²) in [6.07, 6.45) is 10.0. The average Bonchev–Trinajstić information content (AvgIpc) is 3.25. The van der Waals surface area contributed by atoms with Crippen molar-refractivity contribution in [2.75, 3.05) is 6.54 Å². The van der Waals surface area contributed by atoms with Crippen LogP contribution in [0.15, 0.2) is 29.2 Å². The molecule has 4 saturated carbocycles. The molecule has 0 unspecified atom stereocenters. The van der Waals surface area contributed by atoms with Crippen molar-refractivity contribution in [1.29, 1.82) is 0 Å². The molecule has 0 bridgehead atoms. The molecule has 8 heteroatoms. The van der Waals surface area contributed by atoms with E-state index in [2.05, 4.69) is 26.1 Å². The predicted molar refractivity (Wildman–Crippen MR) is 156 cm³/mol. The Bertz CT molecular complexity index is 1170. The molecule has 40 heavy (non-hydrogen) atoms. The van der Waals surface area contributed by atoms with Crippen molar-refractivity contribution in [2.24, 2.45) is 51.5 Å². The van der Waals surface area contributed by atoms with Crippen LogP contribution in [0.5, 0.6) is 0 Å². The number of nitrogens with two attached hydrogens (primary N) is 1. The molecule has 5 rings (SSSR count). The van der Waals surface area contributed by atoms with Crippen LogP contribution in [0.2, 0.25) is 0 Å². The number of benzene rings is 1. The maximum atomic E-state index is 12.7. The van der Waals surface area contributed by atoms with Gasteiger partial charge in [-0.1, -0.05) is 32.9 Å². The minimum absolute atomic E-state index is 0.0672. The molecule has 4 fully saturated rings. The van der Waals surface area contributed by atoms with Crippen LogP contribution in [0.3, 0.4) is 0 Å². The summed E-state index contributed by atoms with van der Waals surface area (Å²) in [6, 6.07) is 6.48. The fourth-order valence-corrected chi connectivity index (χ4v) is 10.5. The van der Waals surface area contributed by atoms with Crippen LogP contribution in [-0.2, 0) is 21.2 Å². The number of aliphatic hydroxyl groups excluding tert-OH is 2. The third-order valence-electron chi connectivity index (χ3n) is 12.2. The molecule has 0 saturated heterocycles. The first kappa shape index (κ1) is 30.0. The normalized spacial score (nSPS) is 40.0. The van der Waals surface area contributed by atoms with Crippen LogP contribution in [0.25, 0.3) is 0 Å². The summed E-state index contributed by atoms with van der Waals surface area (Å²) in [7, 11) is -3.70. The summed E-state index contributed by atoms with van der Waals surface area (Å²) in [5.74, 6) is 3.02. The Morgan fingerprint density at radius 2 is 1.70 bits per heavy atom. The van der Waals surface area contributed by atoms with Gasteiger partial charge in [0.15, 0.2) is 0 Å². The molecule has 10 atom stereocenters. The topological polar surface area (TPSA) is 130 Å². The fourth-order valence-electron chi connectivity index (χ4n) is 10.0. The molecule has 5 N–H and O–H groups in total. The monoisotopic (exact) mass is 574 g/mol. The number of carbonyl (C=O) groups is 1. The van der Waals surface area contributed by atoms with Gasteiger partial charge < -0.3 is 15.5 Å². The van der Waals surface area contributed by atoms with E-state index < -0.39 is 10.0 Å². The molecule has 1 aromatic carbocycles. The van der Waals surface area contributed by atoms with Crippen molar-refractivity contribution >= 4 is 15.9 Å². The Hall–Kier alpha value is -1.48. The van der Waals surface area contributed by atoms with Crippen LogP contribution in [0.1, 0.15) is 90.5 Å². The van der Waals surface area contributed by atoms with Crippen molar-refractivity contribution in [2.45, 2.75) is 109 Å². The van der Waals surface area contributed by atoms with Crippen molar-refractivity contribution in [3.63, 3.8) is 0 Å². The van der Waals surface area contributed by atoms with Gasteiger partial charge in [0.2, 0.25) is 15.9 Å². The highest BCUT2D eigenvalue weighted by Crippen LogP contribution is 2.68. The van der Waals surface area contributed by atoms with E-state index in [0.717, 1.165) is 37.7 Å². The first-order valence-electron chi connectivity index (χ1n) is 15.6. The van der Waals surface area contributed by atoms with Gasteiger partial charge in [-0.2, -0.15) is 0 Å². The van der Waals surface area contributed by atoms with Gasteiger partial charge in [-0.15, -0.1) is 0 Å². The molecule has 0 heterocycles. The molecule has 0 radical (unpaired) electrons. The Labute approximate surface area is 240 Å². The third kappa shape index (κ3) is 5.62. The van der Waals surface area contributed by atoms with E-state index in [1.807, 2.05) is 0 Å². The lowest BCUT2D eigenvalue weighted by Crippen LogP contribution is -2.58. The largest absolute Gasteiger partial charge is 0.393 e. The maximum absolute atomic E-state index is 12.7. The van der Waals surface area contributed by atoms with Crippen molar-refractivity contribution in [1.82, 2.24) is 5.32 Å². The number of carbonyl (C=O) groups excluding carboxylic acids is 1. The highest BCUT2D eigenvalue weighted by atomic mass is 32.2. The van der Waals surface area contributed by atoms with Crippen LogP contribution >= 0.6 is 0 Å². The number of hydrogen-bond acceptors (Lipinski definition) is 5. The lowest BCUT2D eigenvalue weighted by molar-refractivity contribution is -0.174. The molecule has 7 nitrogen and oxygen atoms in total.